The molecule has 0 bridgehead atoms. The predicted octanol–water partition coefficient (Wildman–Crippen LogP) is 2.30. The van der Waals surface area contributed by atoms with Crippen molar-refractivity contribution in [1.82, 2.24) is 9.97 Å². The number of aryl methyl sites for hydroxylation is 2. The van der Waals surface area contributed by atoms with Crippen molar-refractivity contribution in [3.05, 3.63) is 17.6 Å². The van der Waals surface area contributed by atoms with Gasteiger partial charge in [-0.1, -0.05) is 6.92 Å². The van der Waals surface area contributed by atoms with Crippen LogP contribution in [0.4, 0.5) is 5.82 Å². The normalized spacial score (nSPS) is 25.6. The first-order chi connectivity index (χ1) is 6.65. The summed E-state index contributed by atoms with van der Waals surface area (Å²) in [6, 6.07) is 0.612. The minimum Gasteiger partial charge on any atom is -0.366 e. The number of hydrogen-bond donors (Lipinski definition) is 1. The van der Waals surface area contributed by atoms with Crippen molar-refractivity contribution >= 4 is 5.82 Å². The van der Waals surface area contributed by atoms with Gasteiger partial charge in [-0.05, 0) is 32.6 Å². The van der Waals surface area contributed by atoms with Gasteiger partial charge in [-0.25, -0.2) is 4.98 Å². The van der Waals surface area contributed by atoms with Crippen molar-refractivity contribution in [2.75, 3.05) is 5.32 Å². The lowest BCUT2D eigenvalue weighted by Crippen LogP contribution is -2.34. The Morgan fingerprint density at radius 3 is 2.57 bits per heavy atom. The highest BCUT2D eigenvalue weighted by atomic mass is 15.0. The summed E-state index contributed by atoms with van der Waals surface area (Å²) < 4.78 is 0. The molecule has 3 nitrogen and oxygen atoms in total. The molecule has 0 saturated heterocycles. The Bertz CT molecular complexity index is 329. The first-order valence-electron chi connectivity index (χ1n) is 5.22. The van der Waals surface area contributed by atoms with Crippen LogP contribution >= 0.6 is 0 Å². The van der Waals surface area contributed by atoms with E-state index < -0.39 is 0 Å². The van der Waals surface area contributed by atoms with Gasteiger partial charge in [0.15, 0.2) is 0 Å². The Morgan fingerprint density at radius 2 is 2.00 bits per heavy atom. The molecule has 0 spiro atoms. The van der Waals surface area contributed by atoms with Crippen LogP contribution in [0, 0.1) is 19.8 Å². The standard InChI is InChI=1S/C11H17N3/c1-7-4-10(5-7)14-11-6-12-8(2)9(3)13-11/h6-7,10H,4-5H2,1-3H3,(H,13,14). The molecule has 1 aromatic heterocycles. The molecule has 3 heteroatoms. The number of hydrogen-bond acceptors (Lipinski definition) is 3. The molecule has 1 N–H and O–H groups in total. The zero-order valence-corrected chi connectivity index (χ0v) is 9.04. The lowest BCUT2D eigenvalue weighted by atomic mass is 9.82. The molecule has 1 fully saturated rings. The van der Waals surface area contributed by atoms with E-state index in [4.69, 9.17) is 0 Å². The predicted molar refractivity (Wildman–Crippen MR) is 57.3 cm³/mol. The number of nitrogens with one attached hydrogen (secondary N) is 1. The fraction of sp³-hybridized carbons (Fsp3) is 0.636. The van der Waals surface area contributed by atoms with Crippen molar-refractivity contribution in [1.29, 1.82) is 0 Å². The maximum atomic E-state index is 4.45. The van der Waals surface area contributed by atoms with Crippen LogP contribution < -0.4 is 5.32 Å². The molecule has 2 rings (SSSR count). The lowest BCUT2D eigenvalue weighted by Gasteiger charge is -2.33. The average Bonchev–Trinajstić information content (AvgIpc) is 2.09. The van der Waals surface area contributed by atoms with Crippen LogP contribution in [-0.4, -0.2) is 16.0 Å². The number of nitrogens with zero attached hydrogens (tertiary/aromatic N) is 2. The number of rotatable bonds is 2. The average molecular weight is 191 g/mol. The van der Waals surface area contributed by atoms with Gasteiger partial charge >= 0.3 is 0 Å². The molecule has 1 aliphatic carbocycles. The Hall–Kier alpha value is -1.12. The summed E-state index contributed by atoms with van der Waals surface area (Å²) in [5, 5.41) is 3.40. The Kier molecular flexibility index (Phi) is 2.40. The third kappa shape index (κ3) is 1.86. The maximum absolute atomic E-state index is 4.45. The van der Waals surface area contributed by atoms with E-state index in [1.165, 1.54) is 12.8 Å². The van der Waals surface area contributed by atoms with Crippen LogP contribution in [0.25, 0.3) is 0 Å². The zero-order chi connectivity index (χ0) is 10.1. The van der Waals surface area contributed by atoms with Gasteiger partial charge in [0.1, 0.15) is 5.82 Å². The second kappa shape index (κ2) is 3.56. The molecular formula is C11H17N3. The molecule has 0 unspecified atom stereocenters. The lowest BCUT2D eigenvalue weighted by molar-refractivity contribution is 0.308. The van der Waals surface area contributed by atoms with Crippen LogP contribution in [-0.2, 0) is 0 Å². The van der Waals surface area contributed by atoms with E-state index >= 15 is 0 Å². The van der Waals surface area contributed by atoms with Crippen molar-refractivity contribution in [3.63, 3.8) is 0 Å². The molecule has 0 amide bonds. The molecule has 1 aromatic rings. The first-order valence-corrected chi connectivity index (χ1v) is 5.22. The minimum atomic E-state index is 0.612. The third-order valence-corrected chi connectivity index (χ3v) is 2.92. The fourth-order valence-corrected chi connectivity index (χ4v) is 1.84. The van der Waals surface area contributed by atoms with Gasteiger partial charge in [-0.2, -0.15) is 0 Å². The Morgan fingerprint density at radius 1 is 1.29 bits per heavy atom. The zero-order valence-electron chi connectivity index (χ0n) is 9.04. The van der Waals surface area contributed by atoms with E-state index in [0.717, 1.165) is 23.1 Å². The molecule has 0 aromatic carbocycles. The van der Waals surface area contributed by atoms with Crippen molar-refractivity contribution in [2.24, 2.45) is 5.92 Å². The van der Waals surface area contributed by atoms with Crippen molar-refractivity contribution in [3.8, 4) is 0 Å². The van der Waals surface area contributed by atoms with Gasteiger partial charge in [0.25, 0.3) is 0 Å². The van der Waals surface area contributed by atoms with Gasteiger partial charge in [-0.3, -0.25) is 4.98 Å². The SMILES string of the molecule is Cc1ncc(NC2CC(C)C2)nc1C. The van der Waals surface area contributed by atoms with E-state index in [9.17, 15) is 0 Å². The van der Waals surface area contributed by atoms with E-state index in [-0.39, 0.29) is 0 Å². The minimum absolute atomic E-state index is 0.612. The largest absolute Gasteiger partial charge is 0.366 e. The second-order valence-electron chi connectivity index (χ2n) is 4.34. The summed E-state index contributed by atoms with van der Waals surface area (Å²) in [5.74, 6) is 1.79. The van der Waals surface area contributed by atoms with Gasteiger partial charge in [-0.15, -0.1) is 0 Å². The summed E-state index contributed by atoms with van der Waals surface area (Å²) in [4.78, 5) is 8.73. The van der Waals surface area contributed by atoms with Gasteiger partial charge in [0.2, 0.25) is 0 Å². The van der Waals surface area contributed by atoms with Gasteiger partial charge < -0.3 is 5.32 Å². The van der Waals surface area contributed by atoms with Crippen LogP contribution in [0.2, 0.25) is 0 Å². The summed E-state index contributed by atoms with van der Waals surface area (Å²) in [5.41, 5.74) is 2.03. The summed E-state index contributed by atoms with van der Waals surface area (Å²) in [6.45, 7) is 6.26. The van der Waals surface area contributed by atoms with E-state index in [2.05, 4.69) is 22.2 Å². The van der Waals surface area contributed by atoms with Gasteiger partial charge in [0.05, 0.1) is 17.6 Å². The van der Waals surface area contributed by atoms with Crippen molar-refractivity contribution < 1.29 is 0 Å². The summed E-state index contributed by atoms with van der Waals surface area (Å²) >= 11 is 0. The molecule has 1 aliphatic rings. The monoisotopic (exact) mass is 191 g/mol. The second-order valence-corrected chi connectivity index (χ2v) is 4.34. The highest BCUT2D eigenvalue weighted by Crippen LogP contribution is 2.28. The van der Waals surface area contributed by atoms with Crippen LogP contribution in [0.5, 0.6) is 0 Å². The molecule has 14 heavy (non-hydrogen) atoms. The highest BCUT2D eigenvalue weighted by molar-refractivity contribution is 5.35. The molecule has 0 atom stereocenters. The molecule has 1 heterocycles. The number of aromatic nitrogens is 2. The fourth-order valence-electron chi connectivity index (χ4n) is 1.84. The third-order valence-electron chi connectivity index (χ3n) is 2.92. The smallest absolute Gasteiger partial charge is 0.145 e. The molecule has 0 aliphatic heterocycles. The van der Waals surface area contributed by atoms with Crippen LogP contribution in [0.3, 0.4) is 0 Å². The molecule has 76 valence electrons. The molecule has 1 saturated carbocycles. The van der Waals surface area contributed by atoms with Crippen molar-refractivity contribution in [2.45, 2.75) is 39.7 Å². The number of anilines is 1. The summed E-state index contributed by atoms with van der Waals surface area (Å²) in [6.07, 6.45) is 4.34. The first kappa shape index (κ1) is 9.44. The van der Waals surface area contributed by atoms with Gasteiger partial charge in [0, 0.05) is 6.04 Å². The maximum Gasteiger partial charge on any atom is 0.145 e. The summed E-state index contributed by atoms with van der Waals surface area (Å²) in [7, 11) is 0. The van der Waals surface area contributed by atoms with E-state index in [1.807, 2.05) is 20.0 Å². The van der Waals surface area contributed by atoms with Crippen LogP contribution in [0.1, 0.15) is 31.2 Å². The van der Waals surface area contributed by atoms with Crippen LogP contribution in [0.15, 0.2) is 6.20 Å². The van der Waals surface area contributed by atoms with E-state index in [0.29, 0.717) is 6.04 Å². The quantitative estimate of drug-likeness (QED) is 0.779. The highest BCUT2D eigenvalue weighted by Gasteiger charge is 2.25. The Labute approximate surface area is 85.0 Å². The Balaban J connectivity index is 2.00. The molecular weight excluding hydrogens is 174 g/mol. The van der Waals surface area contributed by atoms with E-state index in [1.54, 1.807) is 0 Å². The topological polar surface area (TPSA) is 37.8 Å². The molecule has 0 radical (unpaired) electrons.